The maximum absolute atomic E-state index is 12.1. The number of benzene rings is 2. The van der Waals surface area contributed by atoms with Crippen molar-refractivity contribution < 1.29 is 9.90 Å². The van der Waals surface area contributed by atoms with Gasteiger partial charge in [0.1, 0.15) is 5.75 Å². The third-order valence-corrected chi connectivity index (χ3v) is 4.16. The quantitative estimate of drug-likeness (QED) is 0.735. The van der Waals surface area contributed by atoms with Crippen LogP contribution in [0.15, 0.2) is 46.9 Å². The van der Waals surface area contributed by atoms with Gasteiger partial charge in [-0.3, -0.25) is 10.1 Å². The molecule has 0 spiro atoms. The first kappa shape index (κ1) is 13.1. The normalized spacial score (nSPS) is 10.7. The molecule has 6 heteroatoms. The molecule has 20 heavy (non-hydrogen) atoms. The van der Waals surface area contributed by atoms with Gasteiger partial charge in [0.25, 0.3) is 5.91 Å². The standard InChI is InChI=1S/C14H9BrN2O2S/c15-8-5-6-9(11(18)7-8)13(19)17-14-16-10-3-1-2-4-12(10)20-14/h1-7,18H,(H,16,17,19). The number of para-hydroxylation sites is 1. The Bertz CT molecular complexity index is 768. The van der Waals surface area contributed by atoms with E-state index in [4.69, 9.17) is 0 Å². The lowest BCUT2D eigenvalue weighted by molar-refractivity contribution is 0.102. The van der Waals surface area contributed by atoms with Crippen molar-refractivity contribution in [3.8, 4) is 5.75 Å². The number of carbonyl (C=O) groups is 1. The maximum atomic E-state index is 12.1. The molecule has 1 amide bonds. The van der Waals surface area contributed by atoms with E-state index in [1.54, 1.807) is 12.1 Å². The molecule has 0 saturated heterocycles. The molecule has 0 radical (unpaired) electrons. The number of fused-ring (bicyclic) bond motifs is 1. The summed E-state index contributed by atoms with van der Waals surface area (Å²) in [4.78, 5) is 16.4. The maximum Gasteiger partial charge on any atom is 0.261 e. The van der Waals surface area contributed by atoms with Crippen molar-refractivity contribution in [2.75, 3.05) is 5.32 Å². The van der Waals surface area contributed by atoms with Crippen LogP contribution in [0.3, 0.4) is 0 Å². The van der Waals surface area contributed by atoms with Gasteiger partial charge in [-0.2, -0.15) is 0 Å². The van der Waals surface area contributed by atoms with Crippen molar-refractivity contribution in [3.63, 3.8) is 0 Å². The number of rotatable bonds is 2. The lowest BCUT2D eigenvalue weighted by atomic mass is 10.2. The Labute approximate surface area is 127 Å². The number of hydrogen-bond acceptors (Lipinski definition) is 4. The molecule has 2 aromatic carbocycles. The van der Waals surface area contributed by atoms with Gasteiger partial charge >= 0.3 is 0 Å². The second-order valence-electron chi connectivity index (χ2n) is 4.10. The van der Waals surface area contributed by atoms with Gasteiger partial charge in [0.05, 0.1) is 15.8 Å². The number of nitrogens with one attached hydrogen (secondary N) is 1. The van der Waals surface area contributed by atoms with E-state index in [0.717, 1.165) is 10.2 Å². The summed E-state index contributed by atoms with van der Waals surface area (Å²) in [6, 6.07) is 12.4. The zero-order valence-corrected chi connectivity index (χ0v) is 12.5. The number of carbonyl (C=O) groups excluding carboxylic acids is 1. The largest absolute Gasteiger partial charge is 0.507 e. The molecule has 0 bridgehead atoms. The second kappa shape index (κ2) is 5.22. The van der Waals surface area contributed by atoms with Gasteiger partial charge in [-0.05, 0) is 30.3 Å². The molecule has 0 unspecified atom stereocenters. The van der Waals surface area contributed by atoms with Crippen LogP contribution in [0.5, 0.6) is 5.75 Å². The molecule has 2 N–H and O–H groups in total. The first-order valence-electron chi connectivity index (χ1n) is 5.79. The molecule has 100 valence electrons. The van der Waals surface area contributed by atoms with Gasteiger partial charge in [-0.25, -0.2) is 4.98 Å². The van der Waals surface area contributed by atoms with E-state index in [1.165, 1.54) is 17.4 Å². The summed E-state index contributed by atoms with van der Waals surface area (Å²) in [6.07, 6.45) is 0. The zero-order valence-electron chi connectivity index (χ0n) is 10.1. The van der Waals surface area contributed by atoms with Crippen LogP contribution in [0.25, 0.3) is 10.2 Å². The fourth-order valence-electron chi connectivity index (χ4n) is 1.79. The molecule has 0 atom stereocenters. The highest BCUT2D eigenvalue weighted by Crippen LogP contribution is 2.27. The van der Waals surface area contributed by atoms with E-state index in [1.807, 2.05) is 24.3 Å². The highest BCUT2D eigenvalue weighted by Gasteiger charge is 2.13. The van der Waals surface area contributed by atoms with Crippen molar-refractivity contribution in [1.29, 1.82) is 0 Å². The summed E-state index contributed by atoms with van der Waals surface area (Å²) in [6.45, 7) is 0. The Morgan fingerprint density at radius 3 is 2.80 bits per heavy atom. The number of anilines is 1. The van der Waals surface area contributed by atoms with Crippen LogP contribution in [0.1, 0.15) is 10.4 Å². The Hall–Kier alpha value is -1.92. The molecule has 1 aromatic heterocycles. The van der Waals surface area contributed by atoms with E-state index >= 15 is 0 Å². The van der Waals surface area contributed by atoms with Gasteiger partial charge < -0.3 is 5.11 Å². The van der Waals surface area contributed by atoms with Gasteiger partial charge in [0.2, 0.25) is 0 Å². The van der Waals surface area contributed by atoms with Gasteiger partial charge in [0, 0.05) is 4.47 Å². The van der Waals surface area contributed by atoms with Crippen LogP contribution in [-0.4, -0.2) is 16.0 Å². The molecule has 0 saturated carbocycles. The average Bonchev–Trinajstić information content (AvgIpc) is 2.80. The third kappa shape index (κ3) is 2.52. The minimum Gasteiger partial charge on any atom is -0.507 e. The lowest BCUT2D eigenvalue weighted by Gasteiger charge is -2.04. The second-order valence-corrected chi connectivity index (χ2v) is 6.05. The summed E-state index contributed by atoms with van der Waals surface area (Å²) >= 11 is 4.63. The van der Waals surface area contributed by atoms with Crippen molar-refractivity contribution >= 4 is 48.5 Å². The first-order chi connectivity index (χ1) is 9.63. The van der Waals surface area contributed by atoms with Gasteiger partial charge in [-0.1, -0.05) is 39.4 Å². The van der Waals surface area contributed by atoms with Crippen molar-refractivity contribution in [3.05, 3.63) is 52.5 Å². The molecular weight excluding hydrogens is 340 g/mol. The molecular formula is C14H9BrN2O2S. The summed E-state index contributed by atoms with van der Waals surface area (Å²) in [5.74, 6) is -0.452. The van der Waals surface area contributed by atoms with Gasteiger partial charge in [-0.15, -0.1) is 0 Å². The highest BCUT2D eigenvalue weighted by atomic mass is 79.9. The number of nitrogens with zero attached hydrogens (tertiary/aromatic N) is 1. The Morgan fingerprint density at radius 2 is 2.05 bits per heavy atom. The Balaban J connectivity index is 1.88. The highest BCUT2D eigenvalue weighted by molar-refractivity contribution is 9.10. The molecule has 1 heterocycles. The van der Waals surface area contributed by atoms with Crippen LogP contribution in [0.4, 0.5) is 5.13 Å². The van der Waals surface area contributed by atoms with E-state index < -0.39 is 0 Å². The van der Waals surface area contributed by atoms with Gasteiger partial charge in [0.15, 0.2) is 5.13 Å². The molecule has 0 aliphatic heterocycles. The number of phenolic OH excluding ortho intramolecular Hbond substituents is 1. The SMILES string of the molecule is O=C(Nc1nc2ccccc2s1)c1ccc(Br)cc1O. The smallest absolute Gasteiger partial charge is 0.261 e. The van der Waals surface area contributed by atoms with Crippen molar-refractivity contribution in [2.45, 2.75) is 0 Å². The molecule has 0 fully saturated rings. The van der Waals surface area contributed by atoms with Crippen molar-refractivity contribution in [2.24, 2.45) is 0 Å². The van der Waals surface area contributed by atoms with E-state index in [-0.39, 0.29) is 17.2 Å². The number of aromatic hydroxyl groups is 1. The molecule has 0 aliphatic carbocycles. The minimum absolute atomic E-state index is 0.0713. The molecule has 0 aliphatic rings. The summed E-state index contributed by atoms with van der Waals surface area (Å²) < 4.78 is 1.72. The summed E-state index contributed by atoms with van der Waals surface area (Å²) in [5.41, 5.74) is 1.06. The van der Waals surface area contributed by atoms with E-state index in [2.05, 4.69) is 26.2 Å². The predicted octanol–water partition coefficient (Wildman–Crippen LogP) is 4.02. The number of amides is 1. The summed E-state index contributed by atoms with van der Waals surface area (Å²) in [5, 5.41) is 13.0. The topological polar surface area (TPSA) is 62.2 Å². The van der Waals surface area contributed by atoms with E-state index in [0.29, 0.717) is 9.60 Å². The monoisotopic (exact) mass is 348 g/mol. The lowest BCUT2D eigenvalue weighted by Crippen LogP contribution is -2.11. The van der Waals surface area contributed by atoms with Crippen LogP contribution < -0.4 is 5.32 Å². The average molecular weight is 349 g/mol. The van der Waals surface area contributed by atoms with Crippen LogP contribution >= 0.6 is 27.3 Å². The number of phenols is 1. The Kier molecular flexibility index (Phi) is 3.42. The van der Waals surface area contributed by atoms with Crippen LogP contribution in [-0.2, 0) is 0 Å². The first-order valence-corrected chi connectivity index (χ1v) is 7.40. The minimum atomic E-state index is -0.381. The molecule has 3 aromatic rings. The summed E-state index contributed by atoms with van der Waals surface area (Å²) in [7, 11) is 0. The molecule has 3 rings (SSSR count). The van der Waals surface area contributed by atoms with E-state index in [9.17, 15) is 9.90 Å². The third-order valence-electron chi connectivity index (χ3n) is 2.72. The van der Waals surface area contributed by atoms with Crippen LogP contribution in [0.2, 0.25) is 0 Å². The number of thiazole rings is 1. The molecule has 4 nitrogen and oxygen atoms in total. The number of hydrogen-bond donors (Lipinski definition) is 2. The number of aromatic nitrogens is 1. The van der Waals surface area contributed by atoms with Crippen molar-refractivity contribution in [1.82, 2.24) is 4.98 Å². The Morgan fingerprint density at radius 1 is 1.25 bits per heavy atom. The fraction of sp³-hybridized carbons (Fsp3) is 0. The number of halogens is 1. The zero-order chi connectivity index (χ0) is 14.1. The fourth-order valence-corrected chi connectivity index (χ4v) is 3.00. The predicted molar refractivity (Wildman–Crippen MR) is 83.4 cm³/mol. The van der Waals surface area contributed by atoms with Crippen LogP contribution in [0, 0.1) is 0 Å².